The summed E-state index contributed by atoms with van der Waals surface area (Å²) in [6.07, 6.45) is 3.77. The average molecular weight is 314 g/mol. The molecule has 1 aliphatic rings. The third kappa shape index (κ3) is 3.42. The Kier molecular flexibility index (Phi) is 4.71. The van der Waals surface area contributed by atoms with Crippen LogP contribution in [0.15, 0.2) is 29.1 Å². The molecule has 1 amide bonds. The van der Waals surface area contributed by atoms with E-state index in [0.717, 1.165) is 19.4 Å². The van der Waals surface area contributed by atoms with Gasteiger partial charge in [-0.25, -0.2) is 4.98 Å². The van der Waals surface area contributed by atoms with Crippen molar-refractivity contribution in [3.8, 4) is 0 Å². The van der Waals surface area contributed by atoms with Gasteiger partial charge in [0.15, 0.2) is 0 Å². The minimum absolute atomic E-state index is 0.125. The van der Waals surface area contributed by atoms with Gasteiger partial charge < -0.3 is 15.6 Å². The molecule has 6 nitrogen and oxygen atoms in total. The molecule has 0 aliphatic carbocycles. The van der Waals surface area contributed by atoms with Gasteiger partial charge in [-0.1, -0.05) is 12.1 Å². The molecule has 0 spiro atoms. The molecule has 6 heteroatoms. The van der Waals surface area contributed by atoms with Gasteiger partial charge in [0.2, 0.25) is 5.91 Å². The number of nitrogens with one attached hydrogen (secondary N) is 1. The van der Waals surface area contributed by atoms with Crippen LogP contribution < -0.4 is 11.3 Å². The average Bonchev–Trinajstić information content (AvgIpc) is 3.03. The number of para-hydroxylation sites is 1. The number of H-pyrrole nitrogens is 1. The molecular formula is C17H22N4O2. The number of carbonyl (C=O) groups excluding carboxylic acids is 1. The molecule has 1 atom stereocenters. The number of aryl methyl sites for hydroxylation is 1. The van der Waals surface area contributed by atoms with Crippen LogP contribution in [0.4, 0.5) is 0 Å². The van der Waals surface area contributed by atoms with E-state index in [4.69, 9.17) is 5.73 Å². The van der Waals surface area contributed by atoms with Crippen molar-refractivity contribution in [2.24, 2.45) is 5.73 Å². The highest BCUT2D eigenvalue weighted by Gasteiger charge is 2.26. The zero-order valence-electron chi connectivity index (χ0n) is 13.1. The predicted octanol–water partition coefficient (Wildman–Crippen LogP) is 1.20. The number of carbonyl (C=O) groups is 1. The fourth-order valence-electron chi connectivity index (χ4n) is 3.21. The Morgan fingerprint density at radius 3 is 3.04 bits per heavy atom. The van der Waals surface area contributed by atoms with E-state index in [9.17, 15) is 9.59 Å². The molecule has 2 heterocycles. The van der Waals surface area contributed by atoms with Crippen LogP contribution in [-0.2, 0) is 11.2 Å². The molecule has 0 bridgehead atoms. The van der Waals surface area contributed by atoms with Gasteiger partial charge in [0.1, 0.15) is 5.82 Å². The molecule has 0 saturated carbocycles. The maximum atomic E-state index is 12.3. The number of benzene rings is 1. The van der Waals surface area contributed by atoms with Gasteiger partial charge in [0.05, 0.1) is 10.9 Å². The standard InChI is InChI=1S/C17H22N4O2/c18-11-12-5-4-10-21(12)16(22)9-3-8-15-19-14-7-2-1-6-13(14)17(23)20-15/h1-2,6-7,12H,3-5,8-11,18H2,(H,19,20,23). The first-order chi connectivity index (χ1) is 11.2. The normalized spacial score (nSPS) is 17.8. The van der Waals surface area contributed by atoms with Crippen LogP contribution in [-0.4, -0.2) is 39.9 Å². The van der Waals surface area contributed by atoms with Crippen LogP contribution >= 0.6 is 0 Å². The summed E-state index contributed by atoms with van der Waals surface area (Å²) in [7, 11) is 0. The Labute approximate surface area is 134 Å². The van der Waals surface area contributed by atoms with Crippen LogP contribution in [0.1, 0.15) is 31.5 Å². The van der Waals surface area contributed by atoms with Gasteiger partial charge in [0.25, 0.3) is 5.56 Å². The van der Waals surface area contributed by atoms with Crippen molar-refractivity contribution in [1.29, 1.82) is 0 Å². The summed E-state index contributed by atoms with van der Waals surface area (Å²) in [5.41, 5.74) is 6.28. The number of rotatable bonds is 5. The fourth-order valence-corrected chi connectivity index (χ4v) is 3.21. The second-order valence-corrected chi connectivity index (χ2v) is 6.00. The van der Waals surface area contributed by atoms with E-state index in [0.29, 0.717) is 42.5 Å². The predicted molar refractivity (Wildman–Crippen MR) is 89.1 cm³/mol. The Hall–Kier alpha value is -2.21. The summed E-state index contributed by atoms with van der Waals surface area (Å²) >= 11 is 0. The molecule has 1 aromatic heterocycles. The molecule has 2 aromatic rings. The highest BCUT2D eigenvalue weighted by Crippen LogP contribution is 2.18. The first kappa shape index (κ1) is 15.7. The largest absolute Gasteiger partial charge is 0.338 e. The number of nitrogens with zero attached hydrogens (tertiary/aromatic N) is 2. The molecule has 1 saturated heterocycles. The maximum Gasteiger partial charge on any atom is 0.258 e. The van der Waals surface area contributed by atoms with E-state index < -0.39 is 0 Å². The Morgan fingerprint density at radius 1 is 1.39 bits per heavy atom. The minimum atomic E-state index is -0.125. The molecule has 1 aliphatic heterocycles. The van der Waals surface area contributed by atoms with Crippen molar-refractivity contribution < 1.29 is 4.79 Å². The zero-order chi connectivity index (χ0) is 16.2. The van der Waals surface area contributed by atoms with Crippen molar-refractivity contribution in [2.75, 3.05) is 13.1 Å². The molecule has 1 aromatic carbocycles. The van der Waals surface area contributed by atoms with Crippen molar-refractivity contribution in [1.82, 2.24) is 14.9 Å². The van der Waals surface area contributed by atoms with Crippen LogP contribution in [0.3, 0.4) is 0 Å². The topological polar surface area (TPSA) is 92.1 Å². The fraction of sp³-hybridized carbons (Fsp3) is 0.471. The van der Waals surface area contributed by atoms with Crippen molar-refractivity contribution in [3.63, 3.8) is 0 Å². The number of fused-ring (bicyclic) bond motifs is 1. The lowest BCUT2D eigenvalue weighted by Crippen LogP contribution is -2.39. The molecule has 1 fully saturated rings. The number of amides is 1. The van der Waals surface area contributed by atoms with Crippen LogP contribution in [0.5, 0.6) is 0 Å². The molecular weight excluding hydrogens is 292 g/mol. The first-order valence-corrected chi connectivity index (χ1v) is 8.16. The second kappa shape index (κ2) is 6.91. The van der Waals surface area contributed by atoms with E-state index in [2.05, 4.69) is 9.97 Å². The number of hydrogen-bond acceptors (Lipinski definition) is 4. The SMILES string of the molecule is NCC1CCCN1C(=O)CCCc1nc2ccccc2c(=O)[nH]1. The van der Waals surface area contributed by atoms with E-state index >= 15 is 0 Å². The summed E-state index contributed by atoms with van der Waals surface area (Å²) < 4.78 is 0. The smallest absolute Gasteiger partial charge is 0.258 e. The molecule has 3 N–H and O–H groups in total. The van der Waals surface area contributed by atoms with Gasteiger partial charge >= 0.3 is 0 Å². The summed E-state index contributed by atoms with van der Waals surface area (Å²) in [5.74, 6) is 0.791. The highest BCUT2D eigenvalue weighted by atomic mass is 16.2. The quantitative estimate of drug-likeness (QED) is 0.867. The first-order valence-electron chi connectivity index (χ1n) is 8.16. The number of aromatic nitrogens is 2. The van der Waals surface area contributed by atoms with Gasteiger partial charge in [0, 0.05) is 32.0 Å². The third-order valence-electron chi connectivity index (χ3n) is 4.44. The van der Waals surface area contributed by atoms with Gasteiger partial charge in [-0.3, -0.25) is 9.59 Å². The minimum Gasteiger partial charge on any atom is -0.338 e. The van der Waals surface area contributed by atoms with Crippen LogP contribution in [0.25, 0.3) is 10.9 Å². The zero-order valence-corrected chi connectivity index (χ0v) is 13.1. The van der Waals surface area contributed by atoms with E-state index in [1.54, 1.807) is 6.07 Å². The van der Waals surface area contributed by atoms with Gasteiger partial charge in [-0.2, -0.15) is 0 Å². The van der Waals surface area contributed by atoms with Crippen molar-refractivity contribution in [3.05, 3.63) is 40.4 Å². The summed E-state index contributed by atoms with van der Waals surface area (Å²) in [5, 5.41) is 0.593. The van der Waals surface area contributed by atoms with Gasteiger partial charge in [-0.15, -0.1) is 0 Å². The molecule has 1 unspecified atom stereocenters. The lowest BCUT2D eigenvalue weighted by molar-refractivity contribution is -0.131. The maximum absolute atomic E-state index is 12.3. The van der Waals surface area contributed by atoms with Gasteiger partial charge in [-0.05, 0) is 31.4 Å². The van der Waals surface area contributed by atoms with Crippen LogP contribution in [0.2, 0.25) is 0 Å². The number of nitrogens with two attached hydrogens (primary N) is 1. The Morgan fingerprint density at radius 2 is 2.22 bits per heavy atom. The van der Waals surface area contributed by atoms with E-state index in [1.807, 2.05) is 23.1 Å². The number of hydrogen-bond donors (Lipinski definition) is 2. The van der Waals surface area contributed by atoms with Crippen molar-refractivity contribution in [2.45, 2.75) is 38.1 Å². The second-order valence-electron chi connectivity index (χ2n) is 6.00. The van der Waals surface area contributed by atoms with Crippen molar-refractivity contribution >= 4 is 16.8 Å². The summed E-state index contributed by atoms with van der Waals surface area (Å²) in [6, 6.07) is 7.47. The molecule has 3 rings (SSSR count). The molecule has 0 radical (unpaired) electrons. The lowest BCUT2D eigenvalue weighted by atomic mass is 10.1. The number of aromatic amines is 1. The van der Waals surface area contributed by atoms with E-state index in [1.165, 1.54) is 0 Å². The summed E-state index contributed by atoms with van der Waals surface area (Å²) in [4.78, 5) is 33.4. The van der Waals surface area contributed by atoms with E-state index in [-0.39, 0.29) is 17.5 Å². The Bertz CT molecular complexity index is 756. The number of likely N-dealkylation sites (tertiary alicyclic amines) is 1. The van der Waals surface area contributed by atoms with Crippen LogP contribution in [0, 0.1) is 0 Å². The third-order valence-corrected chi connectivity index (χ3v) is 4.44. The highest BCUT2D eigenvalue weighted by molar-refractivity contribution is 5.77. The monoisotopic (exact) mass is 314 g/mol. The summed E-state index contributed by atoms with van der Waals surface area (Å²) in [6.45, 7) is 1.34. The lowest BCUT2D eigenvalue weighted by Gasteiger charge is -2.23. The molecule has 122 valence electrons. The molecule has 23 heavy (non-hydrogen) atoms. The Balaban J connectivity index is 1.60.